The van der Waals surface area contributed by atoms with Gasteiger partial charge in [0, 0.05) is 12.0 Å². The Morgan fingerprint density at radius 3 is 2.59 bits per heavy atom. The van der Waals surface area contributed by atoms with E-state index in [9.17, 15) is 9.18 Å². The normalized spacial score (nSPS) is 22.6. The van der Waals surface area contributed by atoms with E-state index in [1.54, 1.807) is 4.68 Å². The highest BCUT2D eigenvalue weighted by Gasteiger charge is 2.34. The van der Waals surface area contributed by atoms with E-state index >= 15 is 0 Å². The zero-order valence-corrected chi connectivity index (χ0v) is 16.4. The molecular weight excluding hydrogens is 345 g/mol. The number of amides is 1. The number of hydrogen-bond acceptors (Lipinski definition) is 3. The maximum atomic E-state index is 13.9. The summed E-state index contributed by atoms with van der Waals surface area (Å²) < 4.78 is 21.0. The predicted octanol–water partition coefficient (Wildman–Crippen LogP) is 5.24. The average Bonchev–Trinajstić information content (AvgIpc) is 3.18. The Morgan fingerprint density at radius 1 is 1.30 bits per heavy atom. The number of carbonyl (C=O) groups excluding carboxylic acids is 1. The lowest BCUT2D eigenvalue weighted by atomic mass is 10.0. The van der Waals surface area contributed by atoms with Gasteiger partial charge in [0.15, 0.2) is 0 Å². The smallest absolute Gasteiger partial charge is 0.413 e. The Morgan fingerprint density at radius 2 is 2.00 bits per heavy atom. The van der Waals surface area contributed by atoms with Crippen LogP contribution in [0.3, 0.4) is 0 Å². The highest BCUT2D eigenvalue weighted by molar-refractivity contribution is 5.83. The lowest BCUT2D eigenvalue weighted by Crippen LogP contribution is -2.27. The van der Waals surface area contributed by atoms with E-state index in [1.807, 2.05) is 64.1 Å². The molecule has 1 heterocycles. The molecule has 3 rings (SSSR count). The molecule has 1 aliphatic rings. The van der Waals surface area contributed by atoms with Crippen LogP contribution in [0.5, 0.6) is 0 Å². The van der Waals surface area contributed by atoms with E-state index in [-0.39, 0.29) is 24.0 Å². The highest BCUT2D eigenvalue weighted by atomic mass is 19.1. The first-order chi connectivity index (χ1) is 12.7. The molecule has 6 heteroatoms. The van der Waals surface area contributed by atoms with Crippen molar-refractivity contribution in [3.63, 3.8) is 0 Å². The van der Waals surface area contributed by atoms with Gasteiger partial charge in [-0.1, -0.05) is 37.3 Å². The second kappa shape index (κ2) is 7.71. The first kappa shape index (κ1) is 19.4. The molecule has 1 fully saturated rings. The third kappa shape index (κ3) is 4.67. The van der Waals surface area contributed by atoms with E-state index in [0.29, 0.717) is 12.2 Å². The third-order valence-corrected chi connectivity index (χ3v) is 5.01. The molecule has 0 aliphatic heterocycles. The summed E-state index contributed by atoms with van der Waals surface area (Å²) in [5.74, 6) is 0.701. The van der Waals surface area contributed by atoms with Crippen molar-refractivity contribution in [1.29, 1.82) is 0 Å². The first-order valence-corrected chi connectivity index (χ1v) is 9.46. The molecule has 1 aliphatic carbocycles. The van der Waals surface area contributed by atoms with E-state index < -0.39 is 12.3 Å². The van der Waals surface area contributed by atoms with Crippen molar-refractivity contribution >= 4 is 11.9 Å². The summed E-state index contributed by atoms with van der Waals surface area (Å²) in [7, 11) is 0. The fourth-order valence-corrected chi connectivity index (χ4v) is 3.50. The standard InChI is InChI=1S/C21H28FN3O2/c1-14-10-16(11-17(14)22)18-12-19(25(24-18)21(2,3)4)23-20(26)27-13-15-8-6-5-7-9-15/h5-9,12,14,16-17H,10-11,13H2,1-4H3,(H,23,26)/t14-,16+,17+/m1/s1. The number of alkyl halides is 1. The first-order valence-electron chi connectivity index (χ1n) is 9.46. The van der Waals surface area contributed by atoms with Gasteiger partial charge in [0.2, 0.25) is 0 Å². The van der Waals surface area contributed by atoms with Gasteiger partial charge in [-0.05, 0) is 45.1 Å². The van der Waals surface area contributed by atoms with E-state index in [0.717, 1.165) is 17.7 Å². The minimum atomic E-state index is -0.790. The van der Waals surface area contributed by atoms with Crippen LogP contribution in [0.4, 0.5) is 15.0 Å². The zero-order valence-electron chi connectivity index (χ0n) is 16.4. The lowest BCUT2D eigenvalue weighted by molar-refractivity contribution is 0.154. The van der Waals surface area contributed by atoms with Gasteiger partial charge in [0.05, 0.1) is 11.2 Å². The van der Waals surface area contributed by atoms with Crippen LogP contribution in [0, 0.1) is 5.92 Å². The third-order valence-electron chi connectivity index (χ3n) is 5.01. The predicted molar refractivity (Wildman–Crippen MR) is 104 cm³/mol. The van der Waals surface area contributed by atoms with Gasteiger partial charge in [-0.15, -0.1) is 0 Å². The second-order valence-electron chi connectivity index (χ2n) is 8.39. The number of carbonyl (C=O) groups is 1. The molecule has 2 aromatic rings. The maximum Gasteiger partial charge on any atom is 0.413 e. The number of ether oxygens (including phenoxy) is 1. The zero-order chi connectivity index (χ0) is 19.6. The highest BCUT2D eigenvalue weighted by Crippen LogP contribution is 2.40. The summed E-state index contributed by atoms with van der Waals surface area (Å²) in [6, 6.07) is 11.4. The van der Waals surface area contributed by atoms with Crippen molar-refractivity contribution in [2.45, 2.75) is 64.8 Å². The minimum Gasteiger partial charge on any atom is -0.444 e. The molecule has 3 atom stereocenters. The van der Waals surface area contributed by atoms with E-state index in [1.165, 1.54) is 0 Å². The Labute approximate surface area is 159 Å². The van der Waals surface area contributed by atoms with E-state index in [2.05, 4.69) is 10.4 Å². The molecule has 1 aromatic carbocycles. The molecular formula is C21H28FN3O2. The van der Waals surface area contributed by atoms with Gasteiger partial charge < -0.3 is 4.74 Å². The Bertz CT molecular complexity index is 772. The quantitative estimate of drug-likeness (QED) is 0.797. The van der Waals surface area contributed by atoms with Crippen molar-refractivity contribution in [1.82, 2.24) is 9.78 Å². The van der Waals surface area contributed by atoms with Crippen LogP contribution in [0.1, 0.15) is 57.7 Å². The maximum absolute atomic E-state index is 13.9. The molecule has 1 N–H and O–H groups in total. The number of hydrogen-bond donors (Lipinski definition) is 1. The Kier molecular flexibility index (Phi) is 5.53. The minimum absolute atomic E-state index is 0.0435. The number of halogens is 1. The second-order valence-corrected chi connectivity index (χ2v) is 8.39. The number of nitrogens with zero attached hydrogens (tertiary/aromatic N) is 2. The van der Waals surface area contributed by atoms with Crippen LogP contribution < -0.4 is 5.32 Å². The SMILES string of the molecule is C[C@@H]1C[C@H](c2cc(NC(=O)OCc3ccccc3)n(C(C)(C)C)n2)C[C@@H]1F. The van der Waals surface area contributed by atoms with Gasteiger partial charge in [0.1, 0.15) is 18.6 Å². The molecule has 0 radical (unpaired) electrons. The number of benzene rings is 1. The molecule has 146 valence electrons. The van der Waals surface area contributed by atoms with Crippen molar-refractivity contribution in [2.24, 2.45) is 5.92 Å². The number of aromatic nitrogens is 2. The molecule has 5 nitrogen and oxygen atoms in total. The van der Waals surface area contributed by atoms with Gasteiger partial charge in [0.25, 0.3) is 0 Å². The average molecular weight is 373 g/mol. The Hall–Kier alpha value is -2.37. The van der Waals surface area contributed by atoms with E-state index in [4.69, 9.17) is 4.74 Å². The summed E-state index contributed by atoms with van der Waals surface area (Å²) in [6.07, 6.45) is -0.0542. The summed E-state index contributed by atoms with van der Waals surface area (Å²) >= 11 is 0. The van der Waals surface area contributed by atoms with Crippen molar-refractivity contribution in [3.8, 4) is 0 Å². The Balaban J connectivity index is 1.72. The monoisotopic (exact) mass is 373 g/mol. The molecule has 0 saturated heterocycles. The number of nitrogens with one attached hydrogen (secondary N) is 1. The van der Waals surface area contributed by atoms with Gasteiger partial charge >= 0.3 is 6.09 Å². The molecule has 0 bridgehead atoms. The van der Waals surface area contributed by atoms with Crippen LogP contribution in [-0.4, -0.2) is 22.0 Å². The molecule has 27 heavy (non-hydrogen) atoms. The summed E-state index contributed by atoms with van der Waals surface area (Å²) in [5, 5.41) is 7.48. The van der Waals surface area contributed by atoms with Crippen LogP contribution in [0.15, 0.2) is 36.4 Å². The van der Waals surface area contributed by atoms with Gasteiger partial charge in [-0.3, -0.25) is 5.32 Å². The van der Waals surface area contributed by atoms with Crippen molar-refractivity contribution in [2.75, 3.05) is 5.32 Å². The van der Waals surface area contributed by atoms with Crippen LogP contribution in [0.25, 0.3) is 0 Å². The van der Waals surface area contributed by atoms with Gasteiger partial charge in [-0.25, -0.2) is 13.9 Å². The lowest BCUT2D eigenvalue weighted by Gasteiger charge is -2.22. The fraction of sp³-hybridized carbons (Fsp3) is 0.524. The molecule has 1 saturated carbocycles. The molecule has 0 unspecified atom stereocenters. The van der Waals surface area contributed by atoms with Crippen LogP contribution >= 0.6 is 0 Å². The van der Waals surface area contributed by atoms with Crippen LogP contribution in [0.2, 0.25) is 0 Å². The number of anilines is 1. The topological polar surface area (TPSA) is 56.1 Å². The number of rotatable bonds is 4. The molecule has 1 aromatic heterocycles. The van der Waals surface area contributed by atoms with Gasteiger partial charge in [-0.2, -0.15) is 5.10 Å². The van der Waals surface area contributed by atoms with Crippen LogP contribution in [-0.2, 0) is 16.9 Å². The largest absolute Gasteiger partial charge is 0.444 e. The van der Waals surface area contributed by atoms with Crippen molar-refractivity contribution < 1.29 is 13.9 Å². The summed E-state index contributed by atoms with van der Waals surface area (Å²) in [6.45, 7) is 8.18. The summed E-state index contributed by atoms with van der Waals surface area (Å²) in [4.78, 5) is 12.3. The van der Waals surface area contributed by atoms with Crippen molar-refractivity contribution in [3.05, 3.63) is 47.7 Å². The molecule has 1 amide bonds. The summed E-state index contributed by atoms with van der Waals surface area (Å²) in [5.41, 5.74) is 1.43. The molecule has 0 spiro atoms. The fourth-order valence-electron chi connectivity index (χ4n) is 3.50.